The Morgan fingerprint density at radius 2 is 1.69 bits per heavy atom. The van der Waals surface area contributed by atoms with Crippen LogP contribution in [0.25, 0.3) is 0 Å². The van der Waals surface area contributed by atoms with Gasteiger partial charge < -0.3 is 23.7 Å². The number of nitrogens with one attached hydrogen (secondary N) is 1. The molecule has 9 heteroatoms. The molecule has 36 heavy (non-hydrogen) atoms. The van der Waals surface area contributed by atoms with E-state index in [-0.39, 0.29) is 12.5 Å². The van der Waals surface area contributed by atoms with E-state index >= 15 is 0 Å². The first kappa shape index (κ1) is 24.6. The van der Waals surface area contributed by atoms with Crippen LogP contribution in [0.1, 0.15) is 46.5 Å². The van der Waals surface area contributed by atoms with Crippen molar-refractivity contribution in [3.05, 3.63) is 77.4 Å². The molecule has 0 aromatic heterocycles. The molecule has 1 aliphatic heterocycles. The van der Waals surface area contributed by atoms with Gasteiger partial charge in [0.1, 0.15) is 5.75 Å². The molecule has 3 aromatic rings. The van der Waals surface area contributed by atoms with E-state index < -0.39 is 11.9 Å². The third-order valence-electron chi connectivity index (χ3n) is 5.05. The fourth-order valence-electron chi connectivity index (χ4n) is 3.29. The fraction of sp³-hybridized carbons (Fsp3) is 0.222. The van der Waals surface area contributed by atoms with E-state index in [9.17, 15) is 9.59 Å². The van der Waals surface area contributed by atoms with Crippen LogP contribution in [0.15, 0.2) is 65.8 Å². The van der Waals surface area contributed by atoms with Gasteiger partial charge in [0.25, 0.3) is 5.91 Å². The first-order chi connectivity index (χ1) is 17.6. The van der Waals surface area contributed by atoms with E-state index in [4.69, 9.17) is 23.7 Å². The van der Waals surface area contributed by atoms with Crippen molar-refractivity contribution in [2.24, 2.45) is 5.10 Å². The number of benzene rings is 3. The van der Waals surface area contributed by atoms with Gasteiger partial charge in [0.05, 0.1) is 25.0 Å². The van der Waals surface area contributed by atoms with Crippen molar-refractivity contribution in [2.45, 2.75) is 20.3 Å². The minimum atomic E-state index is -0.518. The van der Waals surface area contributed by atoms with Crippen LogP contribution >= 0.6 is 0 Å². The molecule has 0 bridgehead atoms. The second-order valence-corrected chi connectivity index (χ2v) is 7.67. The third kappa shape index (κ3) is 6.12. The molecule has 1 amide bonds. The number of fused-ring (bicyclic) bond motifs is 1. The minimum Gasteiger partial charge on any atom is -0.494 e. The molecule has 0 saturated carbocycles. The van der Waals surface area contributed by atoms with E-state index in [1.807, 2.05) is 13.8 Å². The zero-order chi connectivity index (χ0) is 25.3. The number of ether oxygens (including phenoxy) is 5. The van der Waals surface area contributed by atoms with E-state index in [1.54, 1.807) is 60.7 Å². The molecular weight excluding hydrogens is 464 g/mol. The summed E-state index contributed by atoms with van der Waals surface area (Å²) < 4.78 is 27.3. The summed E-state index contributed by atoms with van der Waals surface area (Å²) >= 11 is 0. The van der Waals surface area contributed by atoms with Crippen LogP contribution in [-0.2, 0) is 0 Å². The summed E-state index contributed by atoms with van der Waals surface area (Å²) in [7, 11) is 0. The van der Waals surface area contributed by atoms with Crippen LogP contribution in [0.5, 0.6) is 28.7 Å². The molecule has 3 aromatic carbocycles. The summed E-state index contributed by atoms with van der Waals surface area (Å²) in [6.07, 6.45) is 2.37. The quantitative estimate of drug-likeness (QED) is 0.192. The number of hydrazone groups is 1. The number of rotatable bonds is 10. The number of nitrogens with zero attached hydrogens (tertiary/aromatic N) is 1. The molecular formula is C27H26N2O7. The lowest BCUT2D eigenvalue weighted by atomic mass is 10.2. The number of hydrogen-bond acceptors (Lipinski definition) is 8. The maximum absolute atomic E-state index is 12.6. The lowest BCUT2D eigenvalue weighted by Crippen LogP contribution is -2.17. The molecule has 0 aliphatic carbocycles. The molecule has 0 atom stereocenters. The van der Waals surface area contributed by atoms with Crippen LogP contribution in [0, 0.1) is 0 Å². The molecule has 186 valence electrons. The summed E-state index contributed by atoms with van der Waals surface area (Å²) in [5.41, 5.74) is 3.89. The van der Waals surface area contributed by atoms with Gasteiger partial charge >= 0.3 is 5.97 Å². The average Bonchev–Trinajstić information content (AvgIpc) is 3.37. The maximum atomic E-state index is 12.6. The van der Waals surface area contributed by atoms with Gasteiger partial charge in [-0.25, -0.2) is 10.2 Å². The topological polar surface area (TPSA) is 105 Å². The first-order valence-electron chi connectivity index (χ1n) is 11.5. The van der Waals surface area contributed by atoms with E-state index in [1.165, 1.54) is 6.21 Å². The van der Waals surface area contributed by atoms with Crippen molar-refractivity contribution in [1.82, 2.24) is 5.43 Å². The Balaban J connectivity index is 1.39. The lowest BCUT2D eigenvalue weighted by molar-refractivity contribution is 0.0728. The Hall–Kier alpha value is -4.53. The van der Waals surface area contributed by atoms with Crippen molar-refractivity contribution in [3.63, 3.8) is 0 Å². The van der Waals surface area contributed by atoms with E-state index in [0.29, 0.717) is 52.9 Å². The van der Waals surface area contributed by atoms with E-state index in [2.05, 4.69) is 10.5 Å². The standard InChI is InChI=1S/C27H26N2O7/c1-3-13-33-21-9-6-19(7-10-21)27(31)36-23-11-5-18(14-24(23)32-4-2)16-28-29-26(30)20-8-12-22-25(15-20)35-17-34-22/h5-12,14-16H,3-4,13,17H2,1-2H3,(H,29,30). The molecule has 1 aliphatic rings. The molecule has 0 unspecified atom stereocenters. The van der Waals surface area contributed by atoms with Crippen LogP contribution < -0.4 is 29.1 Å². The van der Waals surface area contributed by atoms with Crippen LogP contribution in [0.3, 0.4) is 0 Å². The molecule has 0 fully saturated rings. The Bertz CT molecular complexity index is 1260. The van der Waals surface area contributed by atoms with E-state index in [0.717, 1.165) is 6.42 Å². The molecule has 4 rings (SSSR count). The minimum absolute atomic E-state index is 0.131. The summed E-state index contributed by atoms with van der Waals surface area (Å²) in [6.45, 7) is 4.96. The highest BCUT2D eigenvalue weighted by atomic mass is 16.7. The molecule has 0 saturated heterocycles. The first-order valence-corrected chi connectivity index (χ1v) is 11.5. The van der Waals surface area contributed by atoms with Crippen molar-refractivity contribution >= 4 is 18.1 Å². The highest BCUT2D eigenvalue weighted by Crippen LogP contribution is 2.32. The molecule has 1 heterocycles. The van der Waals surface area contributed by atoms with Crippen LogP contribution in [0.4, 0.5) is 0 Å². The zero-order valence-electron chi connectivity index (χ0n) is 20.0. The summed E-state index contributed by atoms with van der Waals surface area (Å²) in [6, 6.07) is 16.6. The summed E-state index contributed by atoms with van der Waals surface area (Å²) in [4.78, 5) is 25.0. The Morgan fingerprint density at radius 1 is 0.917 bits per heavy atom. The molecule has 0 spiro atoms. The number of esters is 1. The Kier molecular flexibility index (Phi) is 8.02. The molecule has 9 nitrogen and oxygen atoms in total. The van der Waals surface area contributed by atoms with Gasteiger partial charge in [0.2, 0.25) is 6.79 Å². The highest BCUT2D eigenvalue weighted by molar-refractivity contribution is 5.95. The second kappa shape index (κ2) is 11.7. The van der Waals surface area contributed by atoms with Crippen molar-refractivity contribution < 1.29 is 33.3 Å². The Labute approximate surface area is 208 Å². The van der Waals surface area contributed by atoms with Crippen LogP contribution in [0.2, 0.25) is 0 Å². The van der Waals surface area contributed by atoms with Crippen molar-refractivity contribution in [2.75, 3.05) is 20.0 Å². The maximum Gasteiger partial charge on any atom is 0.343 e. The average molecular weight is 491 g/mol. The van der Waals surface area contributed by atoms with Gasteiger partial charge in [-0.3, -0.25) is 4.79 Å². The fourth-order valence-corrected chi connectivity index (χ4v) is 3.29. The predicted molar refractivity (Wildman–Crippen MR) is 132 cm³/mol. The number of carbonyl (C=O) groups is 2. The summed E-state index contributed by atoms with van der Waals surface area (Å²) in [5, 5.41) is 4.01. The number of hydrogen-bond donors (Lipinski definition) is 1. The zero-order valence-corrected chi connectivity index (χ0v) is 20.0. The molecule has 0 radical (unpaired) electrons. The Morgan fingerprint density at radius 3 is 2.47 bits per heavy atom. The van der Waals surface area contributed by atoms with Gasteiger partial charge in [-0.1, -0.05) is 6.92 Å². The van der Waals surface area contributed by atoms with Crippen molar-refractivity contribution in [1.29, 1.82) is 0 Å². The molecule has 1 N–H and O–H groups in total. The predicted octanol–water partition coefficient (Wildman–Crippen LogP) is 4.59. The normalized spacial score (nSPS) is 11.8. The SMILES string of the molecule is CCCOc1ccc(C(=O)Oc2ccc(C=NNC(=O)c3ccc4c(c3)OCO4)cc2OCC)cc1. The lowest BCUT2D eigenvalue weighted by Gasteiger charge is -2.12. The number of carbonyl (C=O) groups excluding carboxylic acids is 2. The van der Waals surface area contributed by atoms with Gasteiger partial charge in [0, 0.05) is 5.56 Å². The van der Waals surface area contributed by atoms with Gasteiger partial charge in [-0.2, -0.15) is 5.10 Å². The highest BCUT2D eigenvalue weighted by Gasteiger charge is 2.16. The van der Waals surface area contributed by atoms with Crippen molar-refractivity contribution in [3.8, 4) is 28.7 Å². The second-order valence-electron chi connectivity index (χ2n) is 7.67. The largest absolute Gasteiger partial charge is 0.494 e. The van der Waals surface area contributed by atoms with Gasteiger partial charge in [-0.15, -0.1) is 0 Å². The van der Waals surface area contributed by atoms with Gasteiger partial charge in [0.15, 0.2) is 23.0 Å². The monoisotopic (exact) mass is 490 g/mol. The van der Waals surface area contributed by atoms with Gasteiger partial charge in [-0.05, 0) is 79.6 Å². The smallest absolute Gasteiger partial charge is 0.343 e. The van der Waals surface area contributed by atoms with Crippen LogP contribution in [-0.4, -0.2) is 38.1 Å². The number of amides is 1. The summed E-state index contributed by atoms with van der Waals surface area (Å²) in [5.74, 6) is 1.53. The third-order valence-corrected chi connectivity index (χ3v) is 5.05.